The van der Waals surface area contributed by atoms with Crippen LogP contribution in [-0.2, 0) is 4.74 Å². The average Bonchev–Trinajstić information content (AvgIpc) is 2.33. The summed E-state index contributed by atoms with van der Waals surface area (Å²) in [6, 6.07) is 0. The van der Waals surface area contributed by atoms with Crippen molar-refractivity contribution in [2.75, 3.05) is 26.2 Å². The van der Waals surface area contributed by atoms with Gasteiger partial charge in [0.25, 0.3) is 0 Å². The fourth-order valence-electron chi connectivity index (χ4n) is 1.63. The van der Waals surface area contributed by atoms with Gasteiger partial charge in [0.1, 0.15) is 11.4 Å². The van der Waals surface area contributed by atoms with Crippen LogP contribution in [0.2, 0.25) is 0 Å². The quantitative estimate of drug-likeness (QED) is 0.623. The van der Waals surface area contributed by atoms with E-state index >= 15 is 0 Å². The van der Waals surface area contributed by atoms with Gasteiger partial charge in [-0.15, -0.1) is 12.3 Å². The highest BCUT2D eigenvalue weighted by molar-refractivity contribution is 5.87. The van der Waals surface area contributed by atoms with Crippen LogP contribution in [0.25, 0.3) is 0 Å². The first-order valence-electron chi connectivity index (χ1n) is 6.61. The first kappa shape index (κ1) is 15.4. The molecule has 0 unspecified atom stereocenters. The van der Waals surface area contributed by atoms with Gasteiger partial charge >= 0.3 is 6.09 Å². The predicted molar refractivity (Wildman–Crippen MR) is 76.2 cm³/mol. The van der Waals surface area contributed by atoms with E-state index in [4.69, 9.17) is 11.2 Å². The van der Waals surface area contributed by atoms with Crippen molar-refractivity contribution in [3.05, 3.63) is 0 Å². The third-order valence-corrected chi connectivity index (χ3v) is 2.49. The molecule has 0 aromatic rings. The molecular formula is C14H23N3O2. The minimum Gasteiger partial charge on any atom is -0.444 e. The van der Waals surface area contributed by atoms with E-state index in [1.165, 1.54) is 0 Å². The number of terminal acetylenes is 1. The van der Waals surface area contributed by atoms with Crippen LogP contribution in [-0.4, -0.2) is 48.6 Å². The number of carbonyl (C=O) groups excluding carboxylic acids is 1. The van der Waals surface area contributed by atoms with E-state index in [9.17, 15) is 4.79 Å². The molecule has 0 atom stereocenters. The molecule has 0 bridgehead atoms. The van der Waals surface area contributed by atoms with Gasteiger partial charge in [-0.05, 0) is 27.2 Å². The minimum atomic E-state index is -0.466. The van der Waals surface area contributed by atoms with Crippen LogP contribution in [0.1, 0.15) is 33.6 Å². The average molecular weight is 265 g/mol. The number of nitrogens with zero attached hydrogens (tertiary/aromatic N) is 2. The van der Waals surface area contributed by atoms with Crippen molar-refractivity contribution < 1.29 is 9.53 Å². The summed E-state index contributed by atoms with van der Waals surface area (Å²) in [4.78, 5) is 18.0. The second kappa shape index (κ2) is 7.03. The number of hydrogen-bond donors (Lipinski definition) is 1. The van der Waals surface area contributed by atoms with Crippen molar-refractivity contribution in [3.8, 4) is 12.3 Å². The first-order chi connectivity index (χ1) is 8.92. The molecule has 1 N–H and O–H groups in total. The van der Waals surface area contributed by atoms with Gasteiger partial charge in [-0.25, -0.2) is 4.79 Å². The standard InChI is InChI=1S/C14H23N3O2/c1-5-6-7-8-15-12-11-17(10-9-16-12)13(18)19-14(2,3)4/h1H,6-11H2,2-4H3,(H,15,16). The number of ether oxygens (including phenoxy) is 1. The van der Waals surface area contributed by atoms with Crippen LogP contribution in [0.5, 0.6) is 0 Å². The van der Waals surface area contributed by atoms with Crippen LogP contribution in [0.4, 0.5) is 4.79 Å². The maximum atomic E-state index is 11.9. The van der Waals surface area contributed by atoms with E-state index in [-0.39, 0.29) is 6.09 Å². The number of rotatable bonds is 3. The number of carbonyl (C=O) groups is 1. The summed E-state index contributed by atoms with van der Waals surface area (Å²) in [5.41, 5.74) is -0.466. The van der Waals surface area contributed by atoms with Gasteiger partial charge in [0.05, 0.1) is 13.1 Å². The Morgan fingerprint density at radius 3 is 2.95 bits per heavy atom. The molecule has 1 amide bonds. The Balaban J connectivity index is 2.39. The van der Waals surface area contributed by atoms with Crippen LogP contribution in [0.15, 0.2) is 4.99 Å². The second-order valence-corrected chi connectivity index (χ2v) is 5.46. The summed E-state index contributed by atoms with van der Waals surface area (Å²) in [6.45, 7) is 8.06. The highest BCUT2D eigenvalue weighted by Gasteiger charge is 2.24. The Morgan fingerprint density at radius 2 is 2.32 bits per heavy atom. The summed E-state index contributed by atoms with van der Waals surface area (Å²) in [7, 11) is 0. The number of unbranched alkanes of at least 4 members (excludes halogenated alkanes) is 1. The van der Waals surface area contributed by atoms with Crippen LogP contribution >= 0.6 is 0 Å². The van der Waals surface area contributed by atoms with E-state index in [1.54, 1.807) is 4.90 Å². The fourth-order valence-corrected chi connectivity index (χ4v) is 1.63. The maximum absolute atomic E-state index is 11.9. The lowest BCUT2D eigenvalue weighted by molar-refractivity contribution is 0.0276. The molecule has 0 radical (unpaired) electrons. The van der Waals surface area contributed by atoms with Crippen molar-refractivity contribution in [1.82, 2.24) is 10.2 Å². The summed E-state index contributed by atoms with van der Waals surface area (Å²) in [5.74, 6) is 3.42. The SMILES string of the molecule is C#CCCCNC1=NCCN(C(=O)OC(C)(C)C)C1. The molecule has 1 rings (SSSR count). The van der Waals surface area contributed by atoms with Gasteiger partial charge in [-0.2, -0.15) is 0 Å². The maximum Gasteiger partial charge on any atom is 0.410 e. The largest absolute Gasteiger partial charge is 0.444 e. The van der Waals surface area contributed by atoms with Crippen molar-refractivity contribution in [2.24, 2.45) is 4.99 Å². The van der Waals surface area contributed by atoms with Crippen LogP contribution in [0, 0.1) is 12.3 Å². The Morgan fingerprint density at radius 1 is 1.58 bits per heavy atom. The molecule has 5 nitrogen and oxygen atoms in total. The van der Waals surface area contributed by atoms with Crippen molar-refractivity contribution in [2.45, 2.75) is 39.2 Å². The molecule has 0 fully saturated rings. The van der Waals surface area contributed by atoms with Crippen molar-refractivity contribution in [1.29, 1.82) is 0 Å². The molecule has 1 aliphatic heterocycles. The highest BCUT2D eigenvalue weighted by atomic mass is 16.6. The number of aliphatic imine (C=N–C) groups is 1. The molecule has 0 saturated carbocycles. The smallest absolute Gasteiger partial charge is 0.410 e. The lowest BCUT2D eigenvalue weighted by Crippen LogP contribution is -2.47. The third kappa shape index (κ3) is 6.14. The lowest BCUT2D eigenvalue weighted by Gasteiger charge is -2.29. The van der Waals surface area contributed by atoms with Crippen LogP contribution < -0.4 is 5.32 Å². The monoisotopic (exact) mass is 265 g/mol. The first-order valence-corrected chi connectivity index (χ1v) is 6.61. The zero-order valence-corrected chi connectivity index (χ0v) is 12.0. The minimum absolute atomic E-state index is 0.287. The zero-order chi connectivity index (χ0) is 14.3. The Labute approximate surface area is 115 Å². The molecule has 5 heteroatoms. The van der Waals surface area contributed by atoms with Gasteiger partial charge in [-0.1, -0.05) is 0 Å². The molecule has 0 spiro atoms. The van der Waals surface area contributed by atoms with Gasteiger partial charge in [-0.3, -0.25) is 9.89 Å². The van der Waals surface area contributed by atoms with Gasteiger partial charge in [0.15, 0.2) is 0 Å². The van der Waals surface area contributed by atoms with E-state index in [1.807, 2.05) is 20.8 Å². The van der Waals surface area contributed by atoms with Crippen LogP contribution in [0.3, 0.4) is 0 Å². The Bertz CT molecular complexity index is 377. The van der Waals surface area contributed by atoms with Crippen molar-refractivity contribution in [3.63, 3.8) is 0 Å². The topological polar surface area (TPSA) is 53.9 Å². The predicted octanol–water partition coefficient (Wildman–Crippen LogP) is 1.64. The third-order valence-electron chi connectivity index (χ3n) is 2.49. The molecule has 1 aliphatic rings. The lowest BCUT2D eigenvalue weighted by atomic mass is 10.2. The van der Waals surface area contributed by atoms with E-state index in [0.29, 0.717) is 19.6 Å². The van der Waals surface area contributed by atoms with E-state index in [2.05, 4.69) is 16.2 Å². The summed E-state index contributed by atoms with van der Waals surface area (Å²) in [6.07, 6.45) is 6.55. The van der Waals surface area contributed by atoms with Gasteiger partial charge < -0.3 is 10.1 Å². The normalized spacial score (nSPS) is 15.5. The number of amides is 1. The van der Waals surface area contributed by atoms with E-state index < -0.39 is 5.60 Å². The van der Waals surface area contributed by atoms with Gasteiger partial charge in [0, 0.05) is 19.5 Å². The summed E-state index contributed by atoms with van der Waals surface area (Å²) < 4.78 is 5.35. The van der Waals surface area contributed by atoms with Gasteiger partial charge in [0.2, 0.25) is 0 Å². The molecule has 0 aromatic heterocycles. The fraction of sp³-hybridized carbons (Fsp3) is 0.714. The molecule has 0 aromatic carbocycles. The number of amidine groups is 1. The second-order valence-electron chi connectivity index (χ2n) is 5.46. The van der Waals surface area contributed by atoms with Crippen molar-refractivity contribution >= 4 is 11.9 Å². The Kier molecular flexibility index (Phi) is 5.68. The molecular weight excluding hydrogens is 242 g/mol. The number of nitrogens with one attached hydrogen (secondary N) is 1. The summed E-state index contributed by atoms with van der Waals surface area (Å²) in [5, 5.41) is 3.21. The molecule has 1 heterocycles. The summed E-state index contributed by atoms with van der Waals surface area (Å²) >= 11 is 0. The molecule has 19 heavy (non-hydrogen) atoms. The van der Waals surface area contributed by atoms with E-state index in [0.717, 1.165) is 25.2 Å². The highest BCUT2D eigenvalue weighted by Crippen LogP contribution is 2.10. The molecule has 0 saturated heterocycles. The molecule has 0 aliphatic carbocycles. The zero-order valence-electron chi connectivity index (χ0n) is 12.0. The Hall–Kier alpha value is -1.70. The molecule has 106 valence electrons. The number of hydrogen-bond acceptors (Lipinski definition) is 4.